The molecular formula is C17H16ClN3O2S. The molecule has 3 aromatic rings. The summed E-state index contributed by atoms with van der Waals surface area (Å²) in [5.74, 6) is 0.641. The van der Waals surface area contributed by atoms with Crippen LogP contribution in [0.4, 0.5) is 0 Å². The van der Waals surface area contributed by atoms with Crippen LogP contribution in [-0.2, 0) is 11.2 Å². The number of para-hydroxylation sites is 2. The summed E-state index contributed by atoms with van der Waals surface area (Å²) in [6.45, 7) is 0.484. The summed E-state index contributed by atoms with van der Waals surface area (Å²) in [5, 5.41) is 2.81. The van der Waals surface area contributed by atoms with Crippen LogP contribution in [0.15, 0.2) is 36.4 Å². The number of ketones is 1. The normalized spacial score (nSPS) is 10.9. The number of imidazole rings is 1. The highest BCUT2D eigenvalue weighted by atomic mass is 35.5. The molecule has 0 fully saturated rings. The van der Waals surface area contributed by atoms with Gasteiger partial charge in [-0.1, -0.05) is 23.7 Å². The maximum Gasteiger partial charge on any atom is 0.220 e. The number of carbonyl (C=O) groups excluding carboxylic acids is 2. The van der Waals surface area contributed by atoms with Crippen molar-refractivity contribution in [3.8, 4) is 0 Å². The fourth-order valence-electron chi connectivity index (χ4n) is 2.35. The van der Waals surface area contributed by atoms with Crippen LogP contribution in [0.5, 0.6) is 0 Å². The molecule has 0 atom stereocenters. The number of carbonyl (C=O) groups is 2. The Morgan fingerprint density at radius 3 is 2.75 bits per heavy atom. The Bertz CT molecular complexity index is 838. The number of hydrogen-bond acceptors (Lipinski definition) is 4. The Morgan fingerprint density at radius 1 is 1.17 bits per heavy atom. The summed E-state index contributed by atoms with van der Waals surface area (Å²) >= 11 is 7.04. The van der Waals surface area contributed by atoms with E-state index in [9.17, 15) is 9.59 Å². The predicted molar refractivity (Wildman–Crippen MR) is 95.7 cm³/mol. The van der Waals surface area contributed by atoms with E-state index in [4.69, 9.17) is 11.6 Å². The minimum absolute atomic E-state index is 0.0562. The zero-order valence-electron chi connectivity index (χ0n) is 12.8. The van der Waals surface area contributed by atoms with Gasteiger partial charge in [0.25, 0.3) is 0 Å². The number of amides is 1. The fraction of sp³-hybridized carbons (Fsp3) is 0.235. The minimum Gasteiger partial charge on any atom is -0.356 e. The molecule has 1 aromatic carbocycles. The van der Waals surface area contributed by atoms with E-state index in [0.29, 0.717) is 22.2 Å². The number of fused-ring (bicyclic) bond motifs is 1. The fourth-order valence-corrected chi connectivity index (χ4v) is 3.36. The van der Waals surface area contributed by atoms with Crippen LogP contribution >= 0.6 is 22.9 Å². The molecule has 2 N–H and O–H groups in total. The van der Waals surface area contributed by atoms with Crippen LogP contribution in [0.3, 0.4) is 0 Å². The zero-order chi connectivity index (χ0) is 16.9. The van der Waals surface area contributed by atoms with Crippen molar-refractivity contribution >= 4 is 45.7 Å². The first-order chi connectivity index (χ1) is 11.6. The highest BCUT2D eigenvalue weighted by Gasteiger charge is 2.11. The Balaban J connectivity index is 1.41. The monoisotopic (exact) mass is 361 g/mol. The first-order valence-corrected chi connectivity index (χ1v) is 8.80. The molecule has 7 heteroatoms. The van der Waals surface area contributed by atoms with Crippen LogP contribution in [0.25, 0.3) is 11.0 Å². The molecule has 1 amide bonds. The number of benzene rings is 1. The van der Waals surface area contributed by atoms with Crippen molar-refractivity contribution in [1.29, 1.82) is 0 Å². The molecule has 5 nitrogen and oxygen atoms in total. The van der Waals surface area contributed by atoms with Crippen molar-refractivity contribution in [1.82, 2.24) is 15.3 Å². The number of hydrogen-bond donors (Lipinski definition) is 2. The quantitative estimate of drug-likeness (QED) is 0.631. The number of nitrogens with zero attached hydrogens (tertiary/aromatic N) is 1. The average Bonchev–Trinajstić information content (AvgIpc) is 3.18. The van der Waals surface area contributed by atoms with Crippen LogP contribution in [0.2, 0.25) is 4.34 Å². The second-order valence-electron chi connectivity index (χ2n) is 5.33. The molecule has 0 aliphatic heterocycles. The highest BCUT2D eigenvalue weighted by Crippen LogP contribution is 2.22. The van der Waals surface area contributed by atoms with Gasteiger partial charge in [-0.05, 0) is 24.3 Å². The number of nitrogens with one attached hydrogen (secondary N) is 2. The first kappa shape index (κ1) is 16.7. The molecule has 0 radical (unpaired) electrons. The summed E-state index contributed by atoms with van der Waals surface area (Å²) in [5.41, 5.74) is 1.90. The Labute approximate surface area is 148 Å². The maximum absolute atomic E-state index is 11.9. The van der Waals surface area contributed by atoms with E-state index < -0.39 is 0 Å². The van der Waals surface area contributed by atoms with Gasteiger partial charge in [0.2, 0.25) is 5.91 Å². The Hall–Kier alpha value is -2.18. The zero-order valence-corrected chi connectivity index (χ0v) is 14.4. The second kappa shape index (κ2) is 7.59. The third-order valence-corrected chi connectivity index (χ3v) is 4.82. The van der Waals surface area contributed by atoms with Gasteiger partial charge in [0.1, 0.15) is 5.82 Å². The van der Waals surface area contributed by atoms with Crippen LogP contribution in [0.1, 0.15) is 28.3 Å². The molecule has 124 valence electrons. The highest BCUT2D eigenvalue weighted by molar-refractivity contribution is 7.18. The Kier molecular flexibility index (Phi) is 5.27. The van der Waals surface area contributed by atoms with Gasteiger partial charge >= 0.3 is 0 Å². The maximum atomic E-state index is 11.9. The van der Waals surface area contributed by atoms with Crippen LogP contribution in [-0.4, -0.2) is 28.2 Å². The van der Waals surface area contributed by atoms with E-state index in [2.05, 4.69) is 15.3 Å². The molecule has 2 heterocycles. The standard InChI is InChI=1S/C17H16ClN3O2S/c18-15-7-6-14(24-15)13(22)5-8-17(23)19-10-9-16-20-11-3-1-2-4-12(11)21-16/h1-4,6-7H,5,8-10H2,(H,19,23)(H,20,21). The summed E-state index contributed by atoms with van der Waals surface area (Å²) in [4.78, 5) is 32.0. The van der Waals surface area contributed by atoms with Crippen molar-refractivity contribution in [2.45, 2.75) is 19.3 Å². The van der Waals surface area contributed by atoms with Gasteiger partial charge in [0.05, 0.1) is 20.2 Å². The van der Waals surface area contributed by atoms with E-state index in [1.807, 2.05) is 24.3 Å². The number of H-pyrrole nitrogens is 1. The predicted octanol–water partition coefficient (Wildman–Crippen LogP) is 3.60. The first-order valence-electron chi connectivity index (χ1n) is 7.60. The van der Waals surface area contributed by atoms with Crippen LogP contribution in [0, 0.1) is 0 Å². The lowest BCUT2D eigenvalue weighted by molar-refractivity contribution is -0.121. The lowest BCUT2D eigenvalue weighted by Gasteiger charge is -2.03. The van der Waals surface area contributed by atoms with Crippen molar-refractivity contribution < 1.29 is 9.59 Å². The number of aromatic nitrogens is 2. The Morgan fingerprint density at radius 2 is 2.00 bits per heavy atom. The number of Topliss-reactive ketones (excluding diaryl/α,β-unsaturated/α-hetero) is 1. The lowest BCUT2D eigenvalue weighted by Crippen LogP contribution is -2.26. The topological polar surface area (TPSA) is 74.8 Å². The average molecular weight is 362 g/mol. The van der Waals surface area contributed by atoms with Gasteiger partial charge in [-0.3, -0.25) is 9.59 Å². The van der Waals surface area contributed by atoms with E-state index in [0.717, 1.165) is 16.9 Å². The van der Waals surface area contributed by atoms with Gasteiger partial charge in [0.15, 0.2) is 5.78 Å². The van der Waals surface area contributed by atoms with Gasteiger partial charge in [-0.2, -0.15) is 0 Å². The largest absolute Gasteiger partial charge is 0.356 e. The van der Waals surface area contributed by atoms with Crippen LogP contribution < -0.4 is 5.32 Å². The van der Waals surface area contributed by atoms with E-state index in [-0.39, 0.29) is 24.5 Å². The van der Waals surface area contributed by atoms with Crippen molar-refractivity contribution in [2.24, 2.45) is 0 Å². The molecule has 0 saturated carbocycles. The van der Waals surface area contributed by atoms with Gasteiger partial charge < -0.3 is 10.3 Å². The SMILES string of the molecule is O=C(CCC(=O)c1ccc(Cl)s1)NCCc1nc2ccccc2[nH]1. The lowest BCUT2D eigenvalue weighted by atomic mass is 10.2. The van der Waals surface area contributed by atoms with Crippen molar-refractivity contribution in [3.05, 3.63) is 51.4 Å². The van der Waals surface area contributed by atoms with Gasteiger partial charge in [0, 0.05) is 25.8 Å². The number of thiophene rings is 1. The smallest absolute Gasteiger partial charge is 0.220 e. The molecule has 0 saturated heterocycles. The summed E-state index contributed by atoms with van der Waals surface area (Å²) in [7, 11) is 0. The molecule has 24 heavy (non-hydrogen) atoms. The molecule has 3 rings (SSSR count). The molecule has 0 aliphatic carbocycles. The van der Waals surface area contributed by atoms with Gasteiger partial charge in [-0.25, -0.2) is 4.98 Å². The van der Waals surface area contributed by atoms with E-state index in [1.165, 1.54) is 11.3 Å². The molecular weight excluding hydrogens is 346 g/mol. The van der Waals surface area contributed by atoms with Crippen molar-refractivity contribution in [2.75, 3.05) is 6.54 Å². The van der Waals surface area contributed by atoms with E-state index in [1.54, 1.807) is 12.1 Å². The minimum atomic E-state index is -0.137. The summed E-state index contributed by atoms with van der Waals surface area (Å²) in [6.07, 6.45) is 0.983. The summed E-state index contributed by atoms with van der Waals surface area (Å²) in [6, 6.07) is 11.2. The molecule has 0 bridgehead atoms. The van der Waals surface area contributed by atoms with Gasteiger partial charge in [-0.15, -0.1) is 11.3 Å². The molecule has 0 aliphatic rings. The van der Waals surface area contributed by atoms with E-state index >= 15 is 0 Å². The molecule has 0 unspecified atom stereocenters. The third-order valence-electron chi connectivity index (χ3n) is 3.55. The second-order valence-corrected chi connectivity index (χ2v) is 7.04. The summed E-state index contributed by atoms with van der Waals surface area (Å²) < 4.78 is 0.577. The number of halogens is 1. The number of aromatic amines is 1. The number of rotatable bonds is 7. The molecule has 0 spiro atoms. The molecule has 2 aromatic heterocycles. The van der Waals surface area contributed by atoms with Crippen molar-refractivity contribution in [3.63, 3.8) is 0 Å². The third kappa shape index (κ3) is 4.21.